The van der Waals surface area contributed by atoms with Crippen LogP contribution in [0, 0.1) is 11.7 Å². The second-order valence-electron chi connectivity index (χ2n) is 10.2. The van der Waals surface area contributed by atoms with Crippen LogP contribution in [0.1, 0.15) is 50.6 Å². The number of nitrogens with zero attached hydrogens (tertiary/aromatic N) is 3. The molecule has 0 spiro atoms. The number of hydrogen-bond acceptors (Lipinski definition) is 4. The Morgan fingerprint density at radius 3 is 2.67 bits per heavy atom. The first-order valence-corrected chi connectivity index (χ1v) is 14.3. The van der Waals surface area contributed by atoms with Gasteiger partial charge < -0.3 is 9.64 Å². The maximum absolute atomic E-state index is 13.6. The van der Waals surface area contributed by atoms with E-state index in [4.69, 9.17) is 4.74 Å². The van der Waals surface area contributed by atoms with Crippen molar-refractivity contribution in [3.8, 4) is 22.6 Å². The molecular formula is C28H30FN3O3S. The smallest absolute Gasteiger partial charge is 0.230 e. The quantitative estimate of drug-likeness (QED) is 0.448. The monoisotopic (exact) mass is 507 g/mol. The van der Waals surface area contributed by atoms with Crippen LogP contribution in [-0.2, 0) is 22.0 Å². The number of benzene rings is 2. The number of hydrogen-bond donors (Lipinski definition) is 0. The first kappa shape index (κ1) is 23.4. The van der Waals surface area contributed by atoms with Gasteiger partial charge in [-0.05, 0) is 81.8 Å². The Balaban J connectivity index is 1.42. The van der Waals surface area contributed by atoms with Crippen molar-refractivity contribution in [1.82, 2.24) is 9.78 Å². The van der Waals surface area contributed by atoms with Crippen molar-refractivity contribution in [3.05, 3.63) is 60.2 Å². The standard InChI is InChI=1S/C28H30FN3O3S/c1-18-4-11-25-26(32(18)28(33)19-5-6-19)13-12-24(27(25)35-23-9-7-21(29)8-10-23)20-15-30-31(16-20)22-3-2-14-36(34)17-22/h7-10,12-13,15-16,18-19,22H,2-6,11,14,17H2,1H3. The average Bonchev–Trinajstić information content (AvgIpc) is 3.62. The summed E-state index contributed by atoms with van der Waals surface area (Å²) < 4.78 is 34.1. The molecule has 3 heterocycles. The fraction of sp³-hybridized carbons (Fsp3) is 0.429. The summed E-state index contributed by atoms with van der Waals surface area (Å²) in [7, 11) is -0.805. The summed E-state index contributed by atoms with van der Waals surface area (Å²) in [6.07, 6.45) is 9.28. The predicted molar refractivity (Wildman–Crippen MR) is 138 cm³/mol. The van der Waals surface area contributed by atoms with Crippen LogP contribution in [0.5, 0.6) is 11.5 Å². The van der Waals surface area contributed by atoms with E-state index in [1.807, 2.05) is 34.1 Å². The zero-order valence-electron chi connectivity index (χ0n) is 20.4. The van der Waals surface area contributed by atoms with Crippen LogP contribution < -0.4 is 9.64 Å². The van der Waals surface area contributed by atoms with E-state index in [2.05, 4.69) is 12.0 Å². The molecule has 0 radical (unpaired) electrons. The van der Waals surface area contributed by atoms with Gasteiger partial charge in [0.2, 0.25) is 5.91 Å². The summed E-state index contributed by atoms with van der Waals surface area (Å²) in [4.78, 5) is 15.2. The molecule has 1 amide bonds. The number of carbonyl (C=O) groups is 1. The number of fused-ring (bicyclic) bond motifs is 1. The third-order valence-electron chi connectivity index (χ3n) is 7.52. The van der Waals surface area contributed by atoms with E-state index in [0.717, 1.165) is 66.7 Å². The molecule has 188 valence electrons. The molecule has 1 saturated heterocycles. The third-order valence-corrected chi connectivity index (χ3v) is 9.02. The van der Waals surface area contributed by atoms with Crippen LogP contribution in [0.2, 0.25) is 0 Å². The van der Waals surface area contributed by atoms with Crippen molar-refractivity contribution in [2.75, 3.05) is 16.4 Å². The lowest BCUT2D eigenvalue weighted by Gasteiger charge is -2.36. The van der Waals surface area contributed by atoms with Crippen LogP contribution in [0.15, 0.2) is 48.8 Å². The van der Waals surface area contributed by atoms with Crippen molar-refractivity contribution < 1.29 is 18.1 Å². The zero-order chi connectivity index (χ0) is 24.8. The van der Waals surface area contributed by atoms with Gasteiger partial charge in [-0.15, -0.1) is 0 Å². The van der Waals surface area contributed by atoms with Gasteiger partial charge in [-0.1, -0.05) is 0 Å². The topological polar surface area (TPSA) is 64.4 Å². The molecule has 6 nitrogen and oxygen atoms in total. The van der Waals surface area contributed by atoms with Gasteiger partial charge >= 0.3 is 0 Å². The van der Waals surface area contributed by atoms with Gasteiger partial charge in [0.15, 0.2) is 0 Å². The van der Waals surface area contributed by atoms with Gasteiger partial charge in [0.1, 0.15) is 17.3 Å². The van der Waals surface area contributed by atoms with Crippen molar-refractivity contribution in [2.24, 2.45) is 5.92 Å². The predicted octanol–water partition coefficient (Wildman–Crippen LogP) is 5.64. The lowest BCUT2D eigenvalue weighted by molar-refractivity contribution is -0.120. The van der Waals surface area contributed by atoms with E-state index in [-0.39, 0.29) is 29.7 Å². The molecule has 0 N–H and O–H groups in total. The van der Waals surface area contributed by atoms with Gasteiger partial charge in [0.05, 0.1) is 17.9 Å². The number of ether oxygens (including phenoxy) is 1. The number of rotatable bonds is 5. The molecule has 1 saturated carbocycles. The molecular weight excluding hydrogens is 477 g/mol. The number of anilines is 1. The van der Waals surface area contributed by atoms with Gasteiger partial charge in [-0.2, -0.15) is 5.10 Å². The Morgan fingerprint density at radius 1 is 1.11 bits per heavy atom. The largest absolute Gasteiger partial charge is 0.456 e. The minimum Gasteiger partial charge on any atom is -0.456 e. The maximum Gasteiger partial charge on any atom is 0.230 e. The molecule has 3 aliphatic rings. The number of halogens is 1. The minimum absolute atomic E-state index is 0.124. The normalized spacial score (nSPS) is 23.8. The molecule has 6 rings (SSSR count). The summed E-state index contributed by atoms with van der Waals surface area (Å²) in [6, 6.07) is 10.3. The van der Waals surface area contributed by atoms with Crippen molar-refractivity contribution in [3.63, 3.8) is 0 Å². The minimum atomic E-state index is -0.805. The second kappa shape index (κ2) is 9.47. The molecule has 2 fully saturated rings. The van der Waals surface area contributed by atoms with E-state index in [0.29, 0.717) is 17.3 Å². The molecule has 2 aromatic carbocycles. The zero-order valence-corrected chi connectivity index (χ0v) is 21.2. The molecule has 3 aromatic rings. The lowest BCUT2D eigenvalue weighted by Crippen LogP contribution is -2.43. The summed E-state index contributed by atoms with van der Waals surface area (Å²) in [5, 5.41) is 4.62. The van der Waals surface area contributed by atoms with Crippen LogP contribution >= 0.6 is 0 Å². The van der Waals surface area contributed by atoms with E-state index in [9.17, 15) is 13.4 Å². The summed E-state index contributed by atoms with van der Waals surface area (Å²) in [5.74, 6) is 2.62. The highest BCUT2D eigenvalue weighted by atomic mass is 32.2. The molecule has 0 bridgehead atoms. The molecule has 1 aliphatic carbocycles. The fourth-order valence-corrected chi connectivity index (χ4v) is 6.78. The maximum atomic E-state index is 13.6. The van der Waals surface area contributed by atoms with Crippen molar-refractivity contribution in [1.29, 1.82) is 0 Å². The number of amides is 1. The Morgan fingerprint density at radius 2 is 1.92 bits per heavy atom. The highest BCUT2D eigenvalue weighted by Gasteiger charge is 2.39. The Bertz CT molecular complexity index is 1320. The molecule has 8 heteroatoms. The van der Waals surface area contributed by atoms with Gasteiger partial charge in [0.25, 0.3) is 0 Å². The van der Waals surface area contributed by atoms with Crippen molar-refractivity contribution in [2.45, 2.75) is 57.5 Å². The first-order chi connectivity index (χ1) is 17.5. The Labute approximate surface area is 212 Å². The third kappa shape index (κ3) is 4.47. The van der Waals surface area contributed by atoms with Crippen LogP contribution in [0.3, 0.4) is 0 Å². The van der Waals surface area contributed by atoms with Crippen LogP contribution in [-0.4, -0.2) is 37.4 Å². The highest BCUT2D eigenvalue weighted by Crippen LogP contribution is 2.46. The van der Waals surface area contributed by atoms with Crippen LogP contribution in [0.4, 0.5) is 10.1 Å². The molecule has 36 heavy (non-hydrogen) atoms. The fourth-order valence-electron chi connectivity index (χ4n) is 5.38. The molecule has 3 unspecified atom stereocenters. The van der Waals surface area contributed by atoms with Crippen molar-refractivity contribution >= 4 is 22.4 Å². The lowest BCUT2D eigenvalue weighted by atomic mass is 9.92. The Hall–Kier alpha value is -3.00. The highest BCUT2D eigenvalue weighted by molar-refractivity contribution is 7.85. The average molecular weight is 508 g/mol. The number of aromatic nitrogens is 2. The summed E-state index contributed by atoms with van der Waals surface area (Å²) >= 11 is 0. The van der Waals surface area contributed by atoms with Gasteiger partial charge in [-0.25, -0.2) is 4.39 Å². The molecule has 2 aliphatic heterocycles. The van der Waals surface area contributed by atoms with E-state index >= 15 is 0 Å². The SMILES string of the molecule is CC1CCc2c(ccc(-c3cnn(C4CCCS(=O)C4)c3)c2Oc2ccc(F)cc2)N1C(=O)C1CC1. The van der Waals surface area contributed by atoms with Gasteiger partial charge in [0, 0.05) is 57.2 Å². The van der Waals surface area contributed by atoms with E-state index in [1.54, 1.807) is 12.1 Å². The number of carbonyl (C=O) groups excluding carboxylic acids is 1. The van der Waals surface area contributed by atoms with E-state index < -0.39 is 10.8 Å². The Kier molecular flexibility index (Phi) is 6.15. The van der Waals surface area contributed by atoms with Crippen LogP contribution in [0.25, 0.3) is 11.1 Å². The van der Waals surface area contributed by atoms with E-state index in [1.165, 1.54) is 12.1 Å². The summed E-state index contributed by atoms with van der Waals surface area (Å²) in [6.45, 7) is 2.11. The second-order valence-corrected chi connectivity index (χ2v) is 11.8. The molecule has 3 atom stereocenters. The van der Waals surface area contributed by atoms with Gasteiger partial charge in [-0.3, -0.25) is 13.7 Å². The summed E-state index contributed by atoms with van der Waals surface area (Å²) in [5.41, 5.74) is 3.69. The first-order valence-electron chi connectivity index (χ1n) is 12.8. The molecule has 1 aromatic heterocycles.